The second-order valence-corrected chi connectivity index (χ2v) is 4.70. The van der Waals surface area contributed by atoms with E-state index in [-0.39, 0.29) is 0 Å². The molecule has 0 fully saturated rings. The predicted molar refractivity (Wildman–Crippen MR) is 75.7 cm³/mol. The molecule has 0 amide bonds. The Labute approximate surface area is 107 Å². The summed E-state index contributed by atoms with van der Waals surface area (Å²) < 4.78 is 0. The Morgan fingerprint density at radius 3 is 2.50 bits per heavy atom. The van der Waals surface area contributed by atoms with Gasteiger partial charge in [-0.3, -0.25) is 4.98 Å². The quantitative estimate of drug-likeness (QED) is 0.648. The molecule has 2 aromatic carbocycles. The monoisotopic (exact) mass is 233 g/mol. The summed E-state index contributed by atoms with van der Waals surface area (Å²) in [5.74, 6) is 0. The molecule has 1 aromatic heterocycles. The van der Waals surface area contributed by atoms with Crippen LogP contribution in [0.2, 0.25) is 0 Å². The fourth-order valence-corrected chi connectivity index (χ4v) is 2.15. The van der Waals surface area contributed by atoms with E-state index in [0.717, 1.165) is 11.9 Å². The van der Waals surface area contributed by atoms with Crippen LogP contribution < -0.4 is 0 Å². The predicted octanol–water partition coefficient (Wildman–Crippen LogP) is 4.13. The molecule has 0 saturated heterocycles. The van der Waals surface area contributed by atoms with Crippen molar-refractivity contribution >= 4 is 10.9 Å². The van der Waals surface area contributed by atoms with E-state index in [9.17, 15) is 0 Å². The largest absolute Gasteiger partial charge is 0.256 e. The molecule has 0 radical (unpaired) electrons. The maximum atomic E-state index is 4.49. The lowest BCUT2D eigenvalue weighted by Crippen LogP contribution is -1.90. The zero-order valence-electron chi connectivity index (χ0n) is 10.4. The molecular formula is C17H15N. The molecule has 0 spiro atoms. The molecule has 1 nitrogen and oxygen atoms in total. The molecule has 3 aromatic rings. The molecule has 0 aliphatic carbocycles. The highest BCUT2D eigenvalue weighted by atomic mass is 14.6. The van der Waals surface area contributed by atoms with E-state index in [1.54, 1.807) is 0 Å². The van der Waals surface area contributed by atoms with Gasteiger partial charge in [0.25, 0.3) is 0 Å². The first-order chi connectivity index (χ1) is 8.81. The summed E-state index contributed by atoms with van der Waals surface area (Å²) in [6.07, 6.45) is 2.92. The van der Waals surface area contributed by atoms with Crippen molar-refractivity contribution in [3.05, 3.63) is 77.5 Å². The second kappa shape index (κ2) is 4.61. The lowest BCUT2D eigenvalue weighted by molar-refractivity contribution is 1.16. The van der Waals surface area contributed by atoms with Gasteiger partial charge in [-0.1, -0.05) is 48.0 Å². The van der Waals surface area contributed by atoms with Gasteiger partial charge < -0.3 is 0 Å². The van der Waals surface area contributed by atoms with Gasteiger partial charge in [0.05, 0.1) is 5.52 Å². The Morgan fingerprint density at radius 2 is 1.67 bits per heavy atom. The second-order valence-electron chi connectivity index (χ2n) is 4.70. The lowest BCUT2D eigenvalue weighted by atomic mass is 10.0. The topological polar surface area (TPSA) is 12.9 Å². The van der Waals surface area contributed by atoms with Crippen molar-refractivity contribution in [1.82, 2.24) is 4.98 Å². The summed E-state index contributed by atoms with van der Waals surface area (Å²) in [7, 11) is 0. The Hall–Kier alpha value is -2.15. The zero-order valence-corrected chi connectivity index (χ0v) is 10.4. The van der Waals surface area contributed by atoms with Gasteiger partial charge in [-0.05, 0) is 36.6 Å². The molecule has 3 rings (SSSR count). The molecule has 88 valence electrons. The average Bonchev–Trinajstić information content (AvgIpc) is 2.41. The van der Waals surface area contributed by atoms with Gasteiger partial charge in [-0.2, -0.15) is 0 Å². The fraction of sp³-hybridized carbons (Fsp3) is 0.118. The van der Waals surface area contributed by atoms with Crippen molar-refractivity contribution in [2.45, 2.75) is 13.3 Å². The highest BCUT2D eigenvalue weighted by molar-refractivity contribution is 5.78. The van der Waals surface area contributed by atoms with E-state index in [2.05, 4.69) is 54.4 Å². The minimum atomic E-state index is 0.943. The molecular weight excluding hydrogens is 218 g/mol. The van der Waals surface area contributed by atoms with Crippen LogP contribution in [0.4, 0.5) is 0 Å². The van der Waals surface area contributed by atoms with Crippen molar-refractivity contribution < 1.29 is 0 Å². The normalized spacial score (nSPS) is 10.7. The van der Waals surface area contributed by atoms with Gasteiger partial charge in [0.1, 0.15) is 0 Å². The van der Waals surface area contributed by atoms with E-state index >= 15 is 0 Å². The minimum Gasteiger partial charge on any atom is -0.256 e. The van der Waals surface area contributed by atoms with Gasteiger partial charge >= 0.3 is 0 Å². The maximum absolute atomic E-state index is 4.49. The van der Waals surface area contributed by atoms with Crippen molar-refractivity contribution in [3.8, 4) is 0 Å². The van der Waals surface area contributed by atoms with Crippen LogP contribution >= 0.6 is 0 Å². The highest BCUT2D eigenvalue weighted by Crippen LogP contribution is 2.15. The number of aryl methyl sites for hydroxylation is 1. The number of benzene rings is 2. The Kier molecular flexibility index (Phi) is 2.81. The summed E-state index contributed by atoms with van der Waals surface area (Å²) in [5.41, 5.74) is 4.95. The first-order valence-corrected chi connectivity index (χ1v) is 6.20. The van der Waals surface area contributed by atoms with Crippen LogP contribution in [0.15, 0.2) is 60.8 Å². The molecule has 0 N–H and O–H groups in total. The van der Waals surface area contributed by atoms with E-state index in [1.807, 2.05) is 18.3 Å². The van der Waals surface area contributed by atoms with Gasteiger partial charge in [-0.15, -0.1) is 0 Å². The summed E-state index contributed by atoms with van der Waals surface area (Å²) in [6, 6.07) is 19.1. The lowest BCUT2D eigenvalue weighted by Gasteiger charge is -2.04. The third-order valence-electron chi connectivity index (χ3n) is 3.18. The Bertz CT molecular complexity index is 669. The van der Waals surface area contributed by atoms with Gasteiger partial charge in [0.2, 0.25) is 0 Å². The number of fused-ring (bicyclic) bond motifs is 1. The van der Waals surface area contributed by atoms with E-state index in [1.165, 1.54) is 22.1 Å². The zero-order chi connectivity index (χ0) is 12.4. The van der Waals surface area contributed by atoms with Crippen LogP contribution in [0.5, 0.6) is 0 Å². The molecule has 1 heteroatoms. The van der Waals surface area contributed by atoms with Gasteiger partial charge in [0.15, 0.2) is 0 Å². The molecule has 18 heavy (non-hydrogen) atoms. The van der Waals surface area contributed by atoms with Crippen LogP contribution in [-0.2, 0) is 6.42 Å². The first-order valence-electron chi connectivity index (χ1n) is 6.20. The standard InChI is InChI=1S/C17H15N/c1-13-6-8-14(9-7-13)10-15-11-16-4-2-3-5-17(16)18-12-15/h2-9,11-12H,10H2,1H3. The SMILES string of the molecule is Cc1ccc(Cc2cnc3ccccc3c2)cc1. The third-order valence-corrected chi connectivity index (χ3v) is 3.18. The number of rotatable bonds is 2. The van der Waals surface area contributed by atoms with E-state index in [4.69, 9.17) is 0 Å². The number of nitrogens with zero attached hydrogens (tertiary/aromatic N) is 1. The third kappa shape index (κ3) is 2.25. The van der Waals surface area contributed by atoms with Crippen molar-refractivity contribution in [2.75, 3.05) is 0 Å². The summed E-state index contributed by atoms with van der Waals surface area (Å²) in [4.78, 5) is 4.49. The van der Waals surface area contributed by atoms with Crippen LogP contribution in [0, 0.1) is 6.92 Å². The number of para-hydroxylation sites is 1. The molecule has 0 unspecified atom stereocenters. The van der Waals surface area contributed by atoms with Crippen LogP contribution in [0.1, 0.15) is 16.7 Å². The Morgan fingerprint density at radius 1 is 0.889 bits per heavy atom. The molecule has 0 aliphatic rings. The van der Waals surface area contributed by atoms with E-state index in [0.29, 0.717) is 0 Å². The fourth-order valence-electron chi connectivity index (χ4n) is 2.15. The number of hydrogen-bond donors (Lipinski definition) is 0. The van der Waals surface area contributed by atoms with Crippen molar-refractivity contribution in [1.29, 1.82) is 0 Å². The van der Waals surface area contributed by atoms with Crippen LogP contribution in [0.3, 0.4) is 0 Å². The van der Waals surface area contributed by atoms with Crippen LogP contribution in [0.25, 0.3) is 10.9 Å². The Balaban J connectivity index is 1.92. The molecule has 0 saturated carbocycles. The van der Waals surface area contributed by atoms with E-state index < -0.39 is 0 Å². The number of aromatic nitrogens is 1. The number of hydrogen-bond acceptors (Lipinski definition) is 1. The highest BCUT2D eigenvalue weighted by Gasteiger charge is 1.99. The van der Waals surface area contributed by atoms with Crippen molar-refractivity contribution in [2.24, 2.45) is 0 Å². The molecule has 0 bridgehead atoms. The first kappa shape index (κ1) is 11.0. The minimum absolute atomic E-state index is 0.943. The van der Waals surface area contributed by atoms with Gasteiger partial charge in [-0.25, -0.2) is 0 Å². The summed E-state index contributed by atoms with van der Waals surface area (Å²) in [5, 5.41) is 1.21. The van der Waals surface area contributed by atoms with Gasteiger partial charge in [0, 0.05) is 11.6 Å². The number of pyridine rings is 1. The van der Waals surface area contributed by atoms with Crippen molar-refractivity contribution in [3.63, 3.8) is 0 Å². The smallest absolute Gasteiger partial charge is 0.0702 e. The maximum Gasteiger partial charge on any atom is 0.0702 e. The molecule has 1 heterocycles. The molecule has 0 aliphatic heterocycles. The van der Waals surface area contributed by atoms with Crippen LogP contribution in [-0.4, -0.2) is 4.98 Å². The molecule has 0 atom stereocenters. The average molecular weight is 233 g/mol. The summed E-state index contributed by atoms with van der Waals surface area (Å²) in [6.45, 7) is 2.11. The summed E-state index contributed by atoms with van der Waals surface area (Å²) >= 11 is 0.